The summed E-state index contributed by atoms with van der Waals surface area (Å²) in [6.45, 7) is 0. The van der Waals surface area contributed by atoms with Crippen molar-refractivity contribution in [2.24, 2.45) is 0 Å². The first-order chi connectivity index (χ1) is 13.4. The molecule has 0 aliphatic rings. The van der Waals surface area contributed by atoms with E-state index < -0.39 is 15.6 Å². The average molecular weight is 456 g/mol. The van der Waals surface area contributed by atoms with Crippen LogP contribution in [0.1, 0.15) is 0 Å². The van der Waals surface area contributed by atoms with E-state index >= 15 is 0 Å². The zero-order valence-corrected chi connectivity index (χ0v) is 16.8. The Labute approximate surface area is 169 Å². The third-order valence-electron chi connectivity index (χ3n) is 4.13. The molecule has 1 heterocycles. The van der Waals surface area contributed by atoms with Gasteiger partial charge in [0, 0.05) is 10.0 Å². The molecule has 0 fully saturated rings. The molecule has 0 radical (unpaired) electrons. The molecule has 0 atom stereocenters. The fraction of sp³-hybridized carbons (Fsp3) is 0. The fourth-order valence-electron chi connectivity index (χ4n) is 2.82. The van der Waals surface area contributed by atoms with Crippen LogP contribution < -0.4 is 10.3 Å². The number of benzene rings is 3. The normalized spacial score (nSPS) is 11.5. The number of halogens is 1. The second-order valence-electron chi connectivity index (χ2n) is 6.04. The van der Waals surface area contributed by atoms with Gasteiger partial charge >= 0.3 is 0 Å². The maximum absolute atomic E-state index is 12.7. The second-order valence-corrected chi connectivity index (χ2v) is 8.64. The maximum Gasteiger partial charge on any atom is 0.275 e. The quantitative estimate of drug-likeness (QED) is 0.483. The molecule has 0 saturated carbocycles. The van der Waals surface area contributed by atoms with E-state index in [1.807, 2.05) is 6.07 Å². The Balaban J connectivity index is 1.87. The smallest absolute Gasteiger partial charge is 0.275 e. The van der Waals surface area contributed by atoms with Gasteiger partial charge in [0.25, 0.3) is 15.6 Å². The number of sulfonamides is 1. The van der Waals surface area contributed by atoms with E-state index in [4.69, 9.17) is 0 Å². The monoisotopic (exact) mass is 455 g/mol. The lowest BCUT2D eigenvalue weighted by molar-refractivity contribution is 0.601. The lowest BCUT2D eigenvalue weighted by atomic mass is 10.1. The van der Waals surface area contributed by atoms with E-state index in [1.165, 1.54) is 12.1 Å². The van der Waals surface area contributed by atoms with Crippen molar-refractivity contribution in [1.29, 1.82) is 0 Å². The van der Waals surface area contributed by atoms with Gasteiger partial charge in [-0.2, -0.15) is 0 Å². The third-order valence-corrected chi connectivity index (χ3v) is 6.01. The molecular formula is C20H14BrN3O3S. The van der Waals surface area contributed by atoms with Crippen LogP contribution in [0.3, 0.4) is 0 Å². The van der Waals surface area contributed by atoms with Crippen molar-refractivity contribution in [3.05, 3.63) is 87.6 Å². The molecule has 0 spiro atoms. The minimum atomic E-state index is -3.82. The van der Waals surface area contributed by atoms with Crippen molar-refractivity contribution in [3.8, 4) is 11.3 Å². The van der Waals surface area contributed by atoms with Gasteiger partial charge in [-0.25, -0.2) is 13.4 Å². The Morgan fingerprint density at radius 2 is 1.64 bits per heavy atom. The van der Waals surface area contributed by atoms with Crippen LogP contribution in [0.5, 0.6) is 0 Å². The number of nitrogens with one attached hydrogen (secondary N) is 2. The largest absolute Gasteiger partial charge is 0.319 e. The highest BCUT2D eigenvalue weighted by Gasteiger charge is 2.19. The number of anilines is 1. The van der Waals surface area contributed by atoms with Gasteiger partial charge in [-0.1, -0.05) is 46.3 Å². The zero-order chi connectivity index (χ0) is 19.7. The minimum absolute atomic E-state index is 0.129. The van der Waals surface area contributed by atoms with Gasteiger partial charge < -0.3 is 4.98 Å². The van der Waals surface area contributed by atoms with Crippen molar-refractivity contribution in [3.63, 3.8) is 0 Å². The number of hydrogen-bond donors (Lipinski definition) is 2. The predicted molar refractivity (Wildman–Crippen MR) is 113 cm³/mol. The van der Waals surface area contributed by atoms with Gasteiger partial charge in [0.1, 0.15) is 5.69 Å². The lowest BCUT2D eigenvalue weighted by Gasteiger charge is -2.13. The van der Waals surface area contributed by atoms with Crippen molar-refractivity contribution < 1.29 is 8.42 Å². The highest BCUT2D eigenvalue weighted by molar-refractivity contribution is 9.10. The number of fused-ring (bicyclic) bond motifs is 1. The molecule has 28 heavy (non-hydrogen) atoms. The number of nitrogens with zero attached hydrogens (tertiary/aromatic N) is 1. The SMILES string of the molecule is O=c1[nH]c2ccccc2nc1-c1cc(Br)ccc1NS(=O)(=O)c1ccccc1. The molecule has 2 N–H and O–H groups in total. The van der Waals surface area contributed by atoms with Crippen LogP contribution in [0.15, 0.2) is 87.0 Å². The molecule has 4 rings (SSSR count). The second kappa shape index (κ2) is 7.21. The first-order valence-corrected chi connectivity index (χ1v) is 10.6. The highest BCUT2D eigenvalue weighted by atomic mass is 79.9. The molecule has 140 valence electrons. The van der Waals surface area contributed by atoms with Gasteiger partial charge in [-0.05, 0) is 42.5 Å². The maximum atomic E-state index is 12.7. The topological polar surface area (TPSA) is 91.9 Å². The Hall–Kier alpha value is -2.97. The van der Waals surface area contributed by atoms with E-state index in [1.54, 1.807) is 54.6 Å². The van der Waals surface area contributed by atoms with E-state index in [0.29, 0.717) is 21.1 Å². The summed E-state index contributed by atoms with van der Waals surface area (Å²) in [7, 11) is -3.82. The van der Waals surface area contributed by atoms with Crippen molar-refractivity contribution in [2.75, 3.05) is 4.72 Å². The molecule has 4 aromatic rings. The summed E-state index contributed by atoms with van der Waals surface area (Å²) in [5.74, 6) is 0. The molecule has 3 aromatic carbocycles. The fourth-order valence-corrected chi connectivity index (χ4v) is 4.28. The molecule has 0 unspecified atom stereocenters. The molecule has 0 bridgehead atoms. The first-order valence-electron chi connectivity index (χ1n) is 8.31. The van der Waals surface area contributed by atoms with Crippen LogP contribution in [0, 0.1) is 0 Å². The lowest BCUT2D eigenvalue weighted by Crippen LogP contribution is -2.16. The summed E-state index contributed by atoms with van der Waals surface area (Å²) in [5, 5.41) is 0. The molecule has 0 amide bonds. The molecule has 8 heteroatoms. The van der Waals surface area contributed by atoms with Gasteiger partial charge in [0.05, 0.1) is 21.6 Å². The summed E-state index contributed by atoms with van der Waals surface area (Å²) < 4.78 is 28.7. The van der Waals surface area contributed by atoms with E-state index in [9.17, 15) is 13.2 Å². The Kier molecular flexibility index (Phi) is 4.74. The molecule has 0 aliphatic heterocycles. The van der Waals surface area contributed by atoms with E-state index in [0.717, 1.165) is 0 Å². The third kappa shape index (κ3) is 3.56. The summed E-state index contributed by atoms with van der Waals surface area (Å²) in [4.78, 5) is 20.0. The molecular weight excluding hydrogens is 442 g/mol. The summed E-state index contributed by atoms with van der Waals surface area (Å²) in [5.41, 5.74) is 1.58. The highest BCUT2D eigenvalue weighted by Crippen LogP contribution is 2.30. The Bertz CT molecular complexity index is 1340. The van der Waals surface area contributed by atoms with Gasteiger partial charge in [0.15, 0.2) is 0 Å². The zero-order valence-electron chi connectivity index (χ0n) is 14.4. The van der Waals surface area contributed by atoms with E-state index in [2.05, 4.69) is 30.6 Å². The number of hydrogen-bond acceptors (Lipinski definition) is 4. The van der Waals surface area contributed by atoms with Crippen LogP contribution in [-0.2, 0) is 10.0 Å². The van der Waals surface area contributed by atoms with Crippen LogP contribution in [-0.4, -0.2) is 18.4 Å². The number of aromatic amines is 1. The van der Waals surface area contributed by atoms with Crippen LogP contribution in [0.25, 0.3) is 22.3 Å². The van der Waals surface area contributed by atoms with Crippen molar-refractivity contribution >= 4 is 42.7 Å². The minimum Gasteiger partial charge on any atom is -0.319 e. The van der Waals surface area contributed by atoms with Crippen molar-refractivity contribution in [2.45, 2.75) is 4.90 Å². The van der Waals surface area contributed by atoms with Crippen LogP contribution >= 0.6 is 15.9 Å². The summed E-state index contributed by atoms with van der Waals surface area (Å²) in [6.07, 6.45) is 0. The molecule has 0 saturated heterocycles. The van der Waals surface area contributed by atoms with Crippen molar-refractivity contribution in [1.82, 2.24) is 9.97 Å². The van der Waals surface area contributed by atoms with Gasteiger partial charge in [-0.15, -0.1) is 0 Å². The number of rotatable bonds is 4. The van der Waals surface area contributed by atoms with Gasteiger partial charge in [-0.3, -0.25) is 9.52 Å². The standard InChI is InChI=1S/C20H14BrN3O3S/c21-13-10-11-16(24-28(26,27)14-6-2-1-3-7-14)15(12-13)19-20(25)23-18-9-5-4-8-17(18)22-19/h1-12,24H,(H,23,25). The van der Waals surface area contributed by atoms with Crippen LogP contribution in [0.2, 0.25) is 0 Å². The Morgan fingerprint density at radius 1 is 0.929 bits per heavy atom. The molecule has 1 aromatic heterocycles. The molecule has 0 aliphatic carbocycles. The number of H-pyrrole nitrogens is 1. The summed E-state index contributed by atoms with van der Waals surface area (Å²) in [6, 6.07) is 20.1. The van der Waals surface area contributed by atoms with Crippen LogP contribution in [0.4, 0.5) is 5.69 Å². The number of aromatic nitrogens is 2. The average Bonchev–Trinajstić information content (AvgIpc) is 2.69. The van der Waals surface area contributed by atoms with E-state index in [-0.39, 0.29) is 16.3 Å². The molecule has 6 nitrogen and oxygen atoms in total. The Morgan fingerprint density at radius 3 is 2.43 bits per heavy atom. The van der Waals surface area contributed by atoms with Gasteiger partial charge in [0.2, 0.25) is 0 Å². The summed E-state index contributed by atoms with van der Waals surface area (Å²) >= 11 is 3.38. The first kappa shape index (κ1) is 18.4. The number of para-hydroxylation sites is 2. The predicted octanol–water partition coefficient (Wildman–Crippen LogP) is 4.15.